The third-order valence-corrected chi connectivity index (χ3v) is 3.20. The molecule has 0 saturated heterocycles. The molecule has 0 radical (unpaired) electrons. The first-order valence-corrected chi connectivity index (χ1v) is 5.61. The minimum absolute atomic E-state index is 1.06. The highest BCUT2D eigenvalue weighted by molar-refractivity contribution is 7.80. The number of benzene rings is 1. The molecule has 0 aliphatic heterocycles. The largest absolute Gasteiger partial charge is 0.143 e. The Morgan fingerprint density at radius 3 is 2.53 bits per heavy atom. The molecule has 0 nitrogen and oxygen atoms in total. The van der Waals surface area contributed by atoms with Gasteiger partial charge in [0.15, 0.2) is 0 Å². The van der Waals surface area contributed by atoms with Gasteiger partial charge >= 0.3 is 0 Å². The second-order valence-electron chi connectivity index (χ2n) is 3.76. The van der Waals surface area contributed by atoms with Crippen LogP contribution in [0.15, 0.2) is 40.8 Å². The van der Waals surface area contributed by atoms with Crippen LogP contribution in [-0.4, -0.2) is 0 Å². The summed E-state index contributed by atoms with van der Waals surface area (Å²) in [5.74, 6) is 0. The lowest BCUT2D eigenvalue weighted by atomic mass is 9.98. The molecular weight excluding hydrogens is 200 g/mol. The molecule has 0 saturated carbocycles. The van der Waals surface area contributed by atoms with Crippen molar-refractivity contribution in [2.45, 2.75) is 32.6 Å². The fourth-order valence-corrected chi connectivity index (χ4v) is 1.82. The van der Waals surface area contributed by atoms with Crippen LogP contribution >= 0.6 is 12.6 Å². The third kappa shape index (κ3) is 2.75. The van der Waals surface area contributed by atoms with Crippen LogP contribution in [0.2, 0.25) is 0 Å². The van der Waals surface area contributed by atoms with Gasteiger partial charge in [0.1, 0.15) is 0 Å². The van der Waals surface area contributed by atoms with Crippen LogP contribution in [-0.2, 0) is 0 Å². The van der Waals surface area contributed by atoms with Crippen molar-refractivity contribution >= 4 is 18.2 Å². The van der Waals surface area contributed by atoms with E-state index in [1.54, 1.807) is 0 Å². The van der Waals surface area contributed by atoms with Crippen molar-refractivity contribution in [1.82, 2.24) is 0 Å². The molecular formula is C14H18S. The summed E-state index contributed by atoms with van der Waals surface area (Å²) in [7, 11) is 0. The van der Waals surface area contributed by atoms with Gasteiger partial charge in [0.2, 0.25) is 0 Å². The van der Waals surface area contributed by atoms with Crippen LogP contribution in [0.3, 0.4) is 0 Å². The fourth-order valence-electron chi connectivity index (χ4n) is 1.62. The zero-order chi connectivity index (χ0) is 11.4. The molecule has 0 heterocycles. The van der Waals surface area contributed by atoms with Crippen molar-refractivity contribution in [3.05, 3.63) is 47.1 Å². The maximum absolute atomic E-state index is 4.44. The molecule has 1 aromatic carbocycles. The van der Waals surface area contributed by atoms with Gasteiger partial charge in [-0.3, -0.25) is 0 Å². The molecule has 80 valence electrons. The van der Waals surface area contributed by atoms with E-state index in [1.807, 2.05) is 13.0 Å². The summed E-state index contributed by atoms with van der Waals surface area (Å²) >= 11 is 4.44. The van der Waals surface area contributed by atoms with Crippen LogP contribution < -0.4 is 0 Å². The normalized spacial score (nSPS) is 13.1. The van der Waals surface area contributed by atoms with Crippen molar-refractivity contribution < 1.29 is 0 Å². The average Bonchev–Trinajstić information content (AvgIpc) is 2.21. The van der Waals surface area contributed by atoms with Gasteiger partial charge in [0.05, 0.1) is 0 Å². The number of hydrogen-bond donors (Lipinski definition) is 1. The molecule has 0 N–H and O–H groups in total. The van der Waals surface area contributed by atoms with Crippen molar-refractivity contribution in [1.29, 1.82) is 0 Å². The van der Waals surface area contributed by atoms with Gasteiger partial charge in [-0.25, -0.2) is 0 Å². The molecule has 0 spiro atoms. The molecule has 0 bridgehead atoms. The lowest BCUT2D eigenvalue weighted by Gasteiger charge is -2.10. The summed E-state index contributed by atoms with van der Waals surface area (Å²) in [6.07, 6.45) is 4.21. The Morgan fingerprint density at radius 1 is 1.27 bits per heavy atom. The Bertz CT molecular complexity index is 411. The second kappa shape index (κ2) is 5.22. The molecule has 1 heteroatoms. The van der Waals surface area contributed by atoms with Gasteiger partial charge in [0.25, 0.3) is 0 Å². The fraction of sp³-hybridized carbons (Fsp3) is 0.286. The second-order valence-corrected chi connectivity index (χ2v) is 4.24. The number of allylic oxidation sites excluding steroid dienone is 4. The lowest BCUT2D eigenvalue weighted by Crippen LogP contribution is -1.89. The summed E-state index contributed by atoms with van der Waals surface area (Å²) in [5.41, 5.74) is 5.17. The molecule has 0 unspecified atom stereocenters. The Morgan fingerprint density at radius 2 is 1.93 bits per heavy atom. The Balaban J connectivity index is 3.28. The van der Waals surface area contributed by atoms with Gasteiger partial charge in [-0.05, 0) is 56.0 Å². The molecule has 1 aromatic rings. The minimum Gasteiger partial charge on any atom is -0.143 e. The maximum atomic E-state index is 4.44. The van der Waals surface area contributed by atoms with Gasteiger partial charge < -0.3 is 0 Å². The zero-order valence-electron chi connectivity index (χ0n) is 9.83. The average molecular weight is 218 g/mol. The topological polar surface area (TPSA) is 0 Å². The van der Waals surface area contributed by atoms with Crippen LogP contribution in [0.5, 0.6) is 0 Å². The first kappa shape index (κ1) is 12.1. The first-order chi connectivity index (χ1) is 7.07. The van der Waals surface area contributed by atoms with Crippen molar-refractivity contribution in [3.8, 4) is 0 Å². The number of hydrogen-bond acceptors (Lipinski definition) is 1. The van der Waals surface area contributed by atoms with E-state index < -0.39 is 0 Å². The summed E-state index contributed by atoms with van der Waals surface area (Å²) in [6.45, 7) is 8.45. The van der Waals surface area contributed by atoms with Crippen LogP contribution in [0.4, 0.5) is 0 Å². The summed E-state index contributed by atoms with van der Waals surface area (Å²) in [5, 5.41) is 0. The Kier molecular flexibility index (Phi) is 4.22. The van der Waals surface area contributed by atoms with E-state index in [1.165, 1.54) is 22.3 Å². The molecule has 1 rings (SSSR count). The van der Waals surface area contributed by atoms with E-state index in [9.17, 15) is 0 Å². The quantitative estimate of drug-likeness (QED) is 0.542. The van der Waals surface area contributed by atoms with Gasteiger partial charge in [-0.15, -0.1) is 12.6 Å². The molecule has 0 atom stereocenters. The lowest BCUT2D eigenvalue weighted by molar-refractivity contribution is 1.27. The SMILES string of the molecule is C/C=C\C(C)=C(/C)c1cccc(S)c1C. The highest BCUT2D eigenvalue weighted by Crippen LogP contribution is 2.26. The highest BCUT2D eigenvalue weighted by atomic mass is 32.1. The highest BCUT2D eigenvalue weighted by Gasteiger charge is 2.04. The summed E-state index contributed by atoms with van der Waals surface area (Å²) in [6, 6.07) is 6.23. The molecule has 0 aliphatic rings. The smallest absolute Gasteiger partial charge is 0.00752 e. The van der Waals surface area contributed by atoms with E-state index in [-0.39, 0.29) is 0 Å². The first-order valence-electron chi connectivity index (χ1n) is 5.17. The zero-order valence-corrected chi connectivity index (χ0v) is 10.7. The van der Waals surface area contributed by atoms with Crippen molar-refractivity contribution in [2.24, 2.45) is 0 Å². The molecule has 0 amide bonds. The standard InChI is InChI=1S/C14H18S/c1-5-7-10(2)11(3)13-8-6-9-14(15)12(13)4/h5-9,15H,1-4H3/b7-5-,11-10+. The van der Waals surface area contributed by atoms with Crippen molar-refractivity contribution in [3.63, 3.8) is 0 Å². The molecule has 0 aromatic heterocycles. The van der Waals surface area contributed by atoms with E-state index in [0.717, 1.165) is 4.90 Å². The maximum Gasteiger partial charge on any atom is 0.00752 e. The minimum atomic E-state index is 1.06. The predicted octanol–water partition coefficient (Wildman–Crippen LogP) is 4.65. The van der Waals surface area contributed by atoms with E-state index in [0.29, 0.717) is 0 Å². The monoisotopic (exact) mass is 218 g/mol. The van der Waals surface area contributed by atoms with E-state index in [4.69, 9.17) is 0 Å². The predicted molar refractivity (Wildman–Crippen MR) is 71.5 cm³/mol. The van der Waals surface area contributed by atoms with Crippen molar-refractivity contribution in [2.75, 3.05) is 0 Å². The van der Waals surface area contributed by atoms with E-state index in [2.05, 4.69) is 57.7 Å². The third-order valence-electron chi connectivity index (χ3n) is 2.72. The Labute approximate surface area is 98.1 Å². The number of thiol groups is 1. The van der Waals surface area contributed by atoms with Crippen LogP contribution in [0, 0.1) is 6.92 Å². The molecule has 15 heavy (non-hydrogen) atoms. The summed E-state index contributed by atoms with van der Waals surface area (Å²) < 4.78 is 0. The van der Waals surface area contributed by atoms with Gasteiger partial charge in [0, 0.05) is 4.90 Å². The van der Waals surface area contributed by atoms with Gasteiger partial charge in [-0.1, -0.05) is 24.3 Å². The summed E-state index contributed by atoms with van der Waals surface area (Å²) in [4.78, 5) is 1.06. The Hall–Kier alpha value is -0.950. The van der Waals surface area contributed by atoms with Crippen LogP contribution in [0.25, 0.3) is 5.57 Å². The number of rotatable bonds is 2. The van der Waals surface area contributed by atoms with Crippen LogP contribution in [0.1, 0.15) is 31.9 Å². The molecule has 0 aliphatic carbocycles. The van der Waals surface area contributed by atoms with Gasteiger partial charge in [-0.2, -0.15) is 0 Å². The van der Waals surface area contributed by atoms with E-state index >= 15 is 0 Å². The molecule has 0 fully saturated rings.